The molecule has 0 atom stereocenters. The van der Waals surface area contributed by atoms with Gasteiger partial charge in [0.05, 0.1) is 0 Å². The number of nitrogen functional groups attached to an aromatic ring is 1. The second-order valence-electron chi connectivity index (χ2n) is 4.04. The lowest BCUT2D eigenvalue weighted by Crippen LogP contribution is -1.88. The standard InChI is InChI=1S/C13H12N4O/c1-17-8-2-3-11(17)13-16-15-12(18-13)9-4-6-10(14)7-5-9/h2-8H,14H2,1H3. The normalized spacial score (nSPS) is 10.7. The number of aryl methyl sites for hydroxylation is 1. The molecule has 2 aromatic heterocycles. The quantitative estimate of drug-likeness (QED) is 0.698. The molecule has 1 aromatic carbocycles. The van der Waals surface area contributed by atoms with Gasteiger partial charge in [-0.3, -0.25) is 0 Å². The molecule has 3 aromatic rings. The monoisotopic (exact) mass is 240 g/mol. The summed E-state index contributed by atoms with van der Waals surface area (Å²) in [5.74, 6) is 1.00. The molecule has 18 heavy (non-hydrogen) atoms. The molecule has 0 amide bonds. The SMILES string of the molecule is Cn1cccc1-c1nnc(-c2ccc(N)cc2)o1. The number of nitrogens with zero attached hydrogens (tertiary/aromatic N) is 3. The van der Waals surface area contributed by atoms with Gasteiger partial charge in [-0.05, 0) is 36.4 Å². The number of rotatable bonds is 2. The molecule has 5 heteroatoms. The third kappa shape index (κ3) is 1.75. The van der Waals surface area contributed by atoms with Crippen LogP contribution < -0.4 is 5.73 Å². The van der Waals surface area contributed by atoms with E-state index in [0.717, 1.165) is 11.3 Å². The van der Waals surface area contributed by atoms with Crippen molar-refractivity contribution in [2.24, 2.45) is 7.05 Å². The number of hydrogen-bond donors (Lipinski definition) is 1. The van der Waals surface area contributed by atoms with E-state index in [9.17, 15) is 0 Å². The van der Waals surface area contributed by atoms with E-state index in [1.165, 1.54) is 0 Å². The van der Waals surface area contributed by atoms with Crippen molar-refractivity contribution in [3.8, 4) is 23.0 Å². The molecule has 0 saturated carbocycles. The van der Waals surface area contributed by atoms with Crippen LogP contribution >= 0.6 is 0 Å². The van der Waals surface area contributed by atoms with Crippen LogP contribution in [0, 0.1) is 0 Å². The van der Waals surface area contributed by atoms with Crippen molar-refractivity contribution in [2.75, 3.05) is 5.73 Å². The van der Waals surface area contributed by atoms with Crippen LogP contribution in [0.15, 0.2) is 47.0 Å². The van der Waals surface area contributed by atoms with Crippen LogP contribution in [0.2, 0.25) is 0 Å². The molecular formula is C13H12N4O. The van der Waals surface area contributed by atoms with E-state index in [1.807, 2.05) is 54.2 Å². The Balaban J connectivity index is 1.99. The highest BCUT2D eigenvalue weighted by Crippen LogP contribution is 2.24. The van der Waals surface area contributed by atoms with Crippen molar-refractivity contribution < 1.29 is 4.42 Å². The summed E-state index contributed by atoms with van der Waals surface area (Å²) >= 11 is 0. The van der Waals surface area contributed by atoms with Gasteiger partial charge in [0.1, 0.15) is 5.69 Å². The molecule has 0 fully saturated rings. The van der Waals surface area contributed by atoms with Gasteiger partial charge in [-0.25, -0.2) is 0 Å². The Hall–Kier alpha value is -2.56. The van der Waals surface area contributed by atoms with Gasteiger partial charge in [0, 0.05) is 24.5 Å². The molecule has 0 bridgehead atoms. The average molecular weight is 240 g/mol. The number of hydrogen-bond acceptors (Lipinski definition) is 4. The van der Waals surface area contributed by atoms with Gasteiger partial charge in [-0.2, -0.15) is 0 Å². The van der Waals surface area contributed by atoms with Gasteiger partial charge in [-0.1, -0.05) is 0 Å². The van der Waals surface area contributed by atoms with Crippen LogP contribution in [0.25, 0.3) is 23.0 Å². The Labute approximate surface area is 104 Å². The molecule has 2 N–H and O–H groups in total. The highest BCUT2D eigenvalue weighted by atomic mass is 16.4. The highest BCUT2D eigenvalue weighted by molar-refractivity contribution is 5.58. The molecule has 0 saturated heterocycles. The summed E-state index contributed by atoms with van der Waals surface area (Å²) in [6.45, 7) is 0. The number of anilines is 1. The Bertz CT molecular complexity index is 666. The van der Waals surface area contributed by atoms with E-state index in [-0.39, 0.29) is 0 Å². The summed E-state index contributed by atoms with van der Waals surface area (Å²) in [6, 6.07) is 11.2. The van der Waals surface area contributed by atoms with Gasteiger partial charge < -0.3 is 14.7 Å². The van der Waals surface area contributed by atoms with E-state index < -0.39 is 0 Å². The first kappa shape index (κ1) is 10.6. The summed E-state index contributed by atoms with van der Waals surface area (Å²) in [4.78, 5) is 0. The molecule has 0 aliphatic carbocycles. The van der Waals surface area contributed by atoms with E-state index in [1.54, 1.807) is 0 Å². The molecule has 0 radical (unpaired) electrons. The van der Waals surface area contributed by atoms with Crippen LogP contribution in [0.1, 0.15) is 0 Å². The number of nitrogens with two attached hydrogens (primary N) is 1. The van der Waals surface area contributed by atoms with Crippen LogP contribution in [0.4, 0.5) is 5.69 Å². The zero-order valence-electron chi connectivity index (χ0n) is 9.87. The summed E-state index contributed by atoms with van der Waals surface area (Å²) in [7, 11) is 1.93. The largest absolute Gasteiger partial charge is 0.415 e. The van der Waals surface area contributed by atoms with Crippen LogP contribution in [0.5, 0.6) is 0 Å². The topological polar surface area (TPSA) is 69.9 Å². The minimum atomic E-state index is 0.492. The maximum atomic E-state index is 5.65. The van der Waals surface area contributed by atoms with Crippen molar-refractivity contribution in [1.29, 1.82) is 0 Å². The fraction of sp³-hybridized carbons (Fsp3) is 0.0769. The van der Waals surface area contributed by atoms with Gasteiger partial charge >= 0.3 is 0 Å². The second kappa shape index (κ2) is 4.03. The minimum absolute atomic E-state index is 0.492. The lowest BCUT2D eigenvalue weighted by atomic mass is 10.2. The maximum Gasteiger partial charge on any atom is 0.264 e. The van der Waals surface area contributed by atoms with Gasteiger partial charge in [0.25, 0.3) is 5.89 Å². The average Bonchev–Trinajstić information content (AvgIpc) is 2.98. The zero-order chi connectivity index (χ0) is 12.5. The Morgan fingerprint density at radius 1 is 1.06 bits per heavy atom. The number of benzene rings is 1. The van der Waals surface area contributed by atoms with E-state index in [0.29, 0.717) is 17.5 Å². The zero-order valence-corrected chi connectivity index (χ0v) is 9.87. The van der Waals surface area contributed by atoms with Crippen molar-refractivity contribution in [3.63, 3.8) is 0 Å². The molecule has 2 heterocycles. The first-order valence-electron chi connectivity index (χ1n) is 5.55. The molecule has 0 aliphatic rings. The van der Waals surface area contributed by atoms with Gasteiger partial charge in [-0.15, -0.1) is 10.2 Å². The first-order valence-corrected chi connectivity index (χ1v) is 5.55. The Morgan fingerprint density at radius 3 is 2.44 bits per heavy atom. The molecule has 90 valence electrons. The predicted octanol–water partition coefficient (Wildman–Crippen LogP) is 2.32. The molecule has 0 aliphatic heterocycles. The molecule has 3 rings (SSSR count). The Morgan fingerprint density at radius 2 is 1.78 bits per heavy atom. The second-order valence-corrected chi connectivity index (χ2v) is 4.04. The summed E-state index contributed by atoms with van der Waals surface area (Å²) in [6.07, 6.45) is 1.93. The van der Waals surface area contributed by atoms with E-state index in [2.05, 4.69) is 10.2 Å². The molecular weight excluding hydrogens is 228 g/mol. The Kier molecular flexibility index (Phi) is 2.37. The van der Waals surface area contributed by atoms with Crippen LogP contribution in [-0.4, -0.2) is 14.8 Å². The minimum Gasteiger partial charge on any atom is -0.415 e. The summed E-state index contributed by atoms with van der Waals surface area (Å²) in [5.41, 5.74) is 8.10. The van der Waals surface area contributed by atoms with Gasteiger partial charge in [0.15, 0.2) is 0 Å². The third-order valence-electron chi connectivity index (χ3n) is 2.75. The lowest BCUT2D eigenvalue weighted by Gasteiger charge is -1.97. The number of aromatic nitrogens is 3. The fourth-order valence-electron chi connectivity index (χ4n) is 1.75. The molecule has 0 spiro atoms. The van der Waals surface area contributed by atoms with Crippen LogP contribution in [0.3, 0.4) is 0 Å². The maximum absolute atomic E-state index is 5.65. The van der Waals surface area contributed by atoms with Crippen molar-refractivity contribution in [3.05, 3.63) is 42.6 Å². The molecule has 5 nitrogen and oxygen atoms in total. The predicted molar refractivity (Wildman–Crippen MR) is 68.6 cm³/mol. The van der Waals surface area contributed by atoms with E-state index >= 15 is 0 Å². The summed E-state index contributed by atoms with van der Waals surface area (Å²) < 4.78 is 7.58. The van der Waals surface area contributed by atoms with E-state index in [4.69, 9.17) is 10.2 Å². The van der Waals surface area contributed by atoms with Crippen molar-refractivity contribution in [1.82, 2.24) is 14.8 Å². The van der Waals surface area contributed by atoms with Crippen molar-refractivity contribution >= 4 is 5.69 Å². The highest BCUT2D eigenvalue weighted by Gasteiger charge is 2.11. The van der Waals surface area contributed by atoms with Crippen LogP contribution in [-0.2, 0) is 7.05 Å². The smallest absolute Gasteiger partial charge is 0.264 e. The third-order valence-corrected chi connectivity index (χ3v) is 2.75. The first-order chi connectivity index (χ1) is 8.74. The lowest BCUT2D eigenvalue weighted by molar-refractivity contribution is 0.578. The van der Waals surface area contributed by atoms with Crippen molar-refractivity contribution in [2.45, 2.75) is 0 Å². The molecule has 0 unspecified atom stereocenters. The summed E-state index contributed by atoms with van der Waals surface area (Å²) in [5, 5.41) is 8.09. The fourth-order valence-corrected chi connectivity index (χ4v) is 1.75. The van der Waals surface area contributed by atoms with Gasteiger partial charge in [0.2, 0.25) is 5.89 Å².